The Labute approximate surface area is 139 Å². The molecule has 1 aliphatic heterocycles. The number of thioether (sulfide) groups is 1. The first-order valence-electron chi connectivity index (χ1n) is 8.20. The lowest BCUT2D eigenvalue weighted by atomic mass is 10.1. The van der Waals surface area contributed by atoms with E-state index in [-0.39, 0.29) is 11.7 Å². The Kier molecular flexibility index (Phi) is 5.40. The molecule has 6 nitrogen and oxygen atoms in total. The quantitative estimate of drug-likeness (QED) is 0.669. The summed E-state index contributed by atoms with van der Waals surface area (Å²) in [5.41, 5.74) is 2.11. The van der Waals surface area contributed by atoms with Crippen molar-refractivity contribution in [1.29, 1.82) is 0 Å². The number of likely N-dealkylation sites (tertiary alicyclic amines) is 1. The third-order valence-electron chi connectivity index (χ3n) is 4.40. The van der Waals surface area contributed by atoms with E-state index in [4.69, 9.17) is 0 Å². The topological polar surface area (TPSA) is 85.0 Å². The normalized spacial score (nSPS) is 22.2. The summed E-state index contributed by atoms with van der Waals surface area (Å²) in [4.78, 5) is 23.8. The van der Waals surface area contributed by atoms with Crippen LogP contribution in [0.5, 0.6) is 0 Å². The number of unbranched alkanes of at least 4 members (excludes halogenated alkanes) is 1. The largest absolute Gasteiger partial charge is 0.391 e. The van der Waals surface area contributed by atoms with Gasteiger partial charge in [-0.15, -0.1) is 0 Å². The Morgan fingerprint density at radius 2 is 2.30 bits per heavy atom. The van der Waals surface area contributed by atoms with Crippen LogP contribution in [0.25, 0.3) is 11.0 Å². The Morgan fingerprint density at radius 3 is 3.13 bits per heavy atom. The van der Waals surface area contributed by atoms with Crippen LogP contribution >= 0.6 is 11.8 Å². The molecule has 2 atom stereocenters. The molecule has 3 heterocycles. The number of nitrogens with one attached hydrogen (secondary N) is 2. The van der Waals surface area contributed by atoms with E-state index in [1.54, 1.807) is 0 Å². The predicted octanol–water partition coefficient (Wildman–Crippen LogP) is 1.58. The third kappa shape index (κ3) is 3.79. The molecule has 0 amide bonds. The average Bonchev–Trinajstić information content (AvgIpc) is 3.09. The van der Waals surface area contributed by atoms with Crippen LogP contribution < -0.4 is 5.56 Å². The lowest BCUT2D eigenvalue weighted by Crippen LogP contribution is -2.21. The van der Waals surface area contributed by atoms with Gasteiger partial charge in [0.1, 0.15) is 5.52 Å². The first-order valence-corrected chi connectivity index (χ1v) is 9.36. The highest BCUT2D eigenvalue weighted by Crippen LogP contribution is 2.24. The molecule has 1 saturated heterocycles. The molecule has 3 N–H and O–H groups in total. The highest BCUT2D eigenvalue weighted by atomic mass is 32.2. The molecule has 23 heavy (non-hydrogen) atoms. The van der Waals surface area contributed by atoms with E-state index in [1.165, 1.54) is 24.9 Å². The Morgan fingerprint density at radius 1 is 1.43 bits per heavy atom. The van der Waals surface area contributed by atoms with Gasteiger partial charge >= 0.3 is 0 Å². The van der Waals surface area contributed by atoms with Crippen molar-refractivity contribution >= 4 is 22.8 Å². The van der Waals surface area contributed by atoms with Crippen LogP contribution in [0.3, 0.4) is 0 Å². The van der Waals surface area contributed by atoms with Crippen LogP contribution in [0.1, 0.15) is 25.3 Å². The monoisotopic (exact) mass is 336 g/mol. The van der Waals surface area contributed by atoms with Gasteiger partial charge in [0, 0.05) is 37.3 Å². The van der Waals surface area contributed by atoms with E-state index in [0.717, 1.165) is 23.4 Å². The summed E-state index contributed by atoms with van der Waals surface area (Å²) in [5.74, 6) is 2.52. The minimum absolute atomic E-state index is 0.145. The van der Waals surface area contributed by atoms with Gasteiger partial charge in [-0.25, -0.2) is 4.98 Å². The molecule has 0 aliphatic carbocycles. The minimum Gasteiger partial charge on any atom is -0.391 e. The SMILES string of the molecule is CCCCSCC1CN(Cc2c[nH]c3c(=O)[nH]cnc23)CC1O. The van der Waals surface area contributed by atoms with Crippen LogP contribution in [0.15, 0.2) is 17.3 Å². The zero-order chi connectivity index (χ0) is 16.2. The van der Waals surface area contributed by atoms with Crippen molar-refractivity contribution in [1.82, 2.24) is 19.9 Å². The number of aromatic amines is 2. The summed E-state index contributed by atoms with van der Waals surface area (Å²) < 4.78 is 0. The van der Waals surface area contributed by atoms with Crippen LogP contribution in [0.2, 0.25) is 0 Å². The van der Waals surface area contributed by atoms with Crippen LogP contribution in [-0.4, -0.2) is 55.7 Å². The predicted molar refractivity (Wildman–Crippen MR) is 93.7 cm³/mol. The summed E-state index contributed by atoms with van der Waals surface area (Å²) in [6.45, 7) is 4.50. The minimum atomic E-state index is -0.259. The second-order valence-corrected chi connectivity index (χ2v) is 7.37. The molecule has 1 aliphatic rings. The number of nitrogens with zero attached hydrogens (tertiary/aromatic N) is 2. The van der Waals surface area contributed by atoms with Crippen LogP contribution in [0.4, 0.5) is 0 Å². The highest BCUT2D eigenvalue weighted by Gasteiger charge is 2.31. The fourth-order valence-electron chi connectivity index (χ4n) is 3.08. The van der Waals surface area contributed by atoms with Crippen molar-refractivity contribution in [3.8, 4) is 0 Å². The second kappa shape index (κ2) is 7.51. The van der Waals surface area contributed by atoms with E-state index in [9.17, 15) is 9.90 Å². The van der Waals surface area contributed by atoms with Crippen molar-refractivity contribution in [3.63, 3.8) is 0 Å². The number of hydrogen-bond acceptors (Lipinski definition) is 5. The van der Waals surface area contributed by atoms with Crippen LogP contribution in [0, 0.1) is 5.92 Å². The molecule has 2 aromatic heterocycles. The van der Waals surface area contributed by atoms with Gasteiger partial charge in [-0.3, -0.25) is 9.69 Å². The van der Waals surface area contributed by atoms with Gasteiger partial charge in [-0.2, -0.15) is 11.8 Å². The molecule has 0 aromatic carbocycles. The number of β-amino-alcohol motifs (C(OH)–C–C–N with tert-alkyl or cyclic N) is 1. The summed E-state index contributed by atoms with van der Waals surface area (Å²) in [6, 6.07) is 0. The van der Waals surface area contributed by atoms with Gasteiger partial charge in [0.15, 0.2) is 0 Å². The number of aliphatic hydroxyl groups is 1. The number of H-pyrrole nitrogens is 2. The van der Waals surface area contributed by atoms with Crippen molar-refractivity contribution < 1.29 is 5.11 Å². The Hall–Kier alpha value is -1.31. The lowest BCUT2D eigenvalue weighted by molar-refractivity contribution is 0.149. The maximum absolute atomic E-state index is 11.7. The summed E-state index contributed by atoms with van der Waals surface area (Å²) in [6.07, 6.45) is 5.49. The first-order chi connectivity index (χ1) is 11.2. The van der Waals surface area contributed by atoms with Crippen LogP contribution in [-0.2, 0) is 6.54 Å². The molecule has 7 heteroatoms. The molecule has 2 unspecified atom stereocenters. The van der Waals surface area contributed by atoms with E-state index in [1.807, 2.05) is 18.0 Å². The molecular weight excluding hydrogens is 312 g/mol. The van der Waals surface area contributed by atoms with Crippen molar-refractivity contribution in [2.24, 2.45) is 5.92 Å². The number of aromatic nitrogens is 3. The standard InChI is InChI=1S/C16H24N4O2S/c1-2-3-4-23-9-12-7-20(8-13(12)21)6-11-5-17-15-14(11)18-10-19-16(15)22/h5,10,12-13,17,21H,2-4,6-9H2,1H3,(H,18,19,22). The average molecular weight is 336 g/mol. The van der Waals surface area contributed by atoms with Crippen molar-refractivity contribution in [3.05, 3.63) is 28.4 Å². The molecule has 0 radical (unpaired) electrons. The Balaban J connectivity index is 1.60. The Bertz CT molecular complexity index is 699. The molecular formula is C16H24N4O2S. The molecule has 0 spiro atoms. The molecule has 2 aromatic rings. The summed E-state index contributed by atoms with van der Waals surface area (Å²) in [7, 11) is 0. The maximum Gasteiger partial charge on any atom is 0.275 e. The lowest BCUT2D eigenvalue weighted by Gasteiger charge is -2.14. The van der Waals surface area contributed by atoms with Crippen molar-refractivity contribution in [2.75, 3.05) is 24.6 Å². The number of rotatable bonds is 7. The van der Waals surface area contributed by atoms with E-state index in [0.29, 0.717) is 24.5 Å². The van der Waals surface area contributed by atoms with Crippen molar-refractivity contribution in [2.45, 2.75) is 32.4 Å². The fraction of sp³-hybridized carbons (Fsp3) is 0.625. The number of fused-ring (bicyclic) bond motifs is 1. The third-order valence-corrected chi connectivity index (χ3v) is 5.64. The zero-order valence-corrected chi connectivity index (χ0v) is 14.2. The molecule has 0 saturated carbocycles. The van der Waals surface area contributed by atoms with Gasteiger partial charge in [-0.05, 0) is 17.9 Å². The van der Waals surface area contributed by atoms with E-state index < -0.39 is 0 Å². The molecule has 3 rings (SSSR count). The molecule has 1 fully saturated rings. The van der Waals surface area contributed by atoms with Gasteiger partial charge < -0.3 is 15.1 Å². The fourth-order valence-corrected chi connectivity index (χ4v) is 4.37. The summed E-state index contributed by atoms with van der Waals surface area (Å²) >= 11 is 1.94. The van der Waals surface area contributed by atoms with Gasteiger partial charge in [0.25, 0.3) is 5.56 Å². The van der Waals surface area contributed by atoms with E-state index >= 15 is 0 Å². The number of aliphatic hydroxyl groups excluding tert-OH is 1. The van der Waals surface area contributed by atoms with Gasteiger partial charge in [-0.1, -0.05) is 13.3 Å². The highest BCUT2D eigenvalue weighted by molar-refractivity contribution is 7.99. The maximum atomic E-state index is 11.7. The first kappa shape index (κ1) is 16.5. The molecule has 0 bridgehead atoms. The second-order valence-electron chi connectivity index (χ2n) is 6.22. The molecule has 126 valence electrons. The van der Waals surface area contributed by atoms with E-state index in [2.05, 4.69) is 26.8 Å². The van der Waals surface area contributed by atoms with Gasteiger partial charge in [0.05, 0.1) is 17.9 Å². The zero-order valence-electron chi connectivity index (χ0n) is 13.4. The van der Waals surface area contributed by atoms with Gasteiger partial charge in [0.2, 0.25) is 0 Å². The number of hydrogen-bond donors (Lipinski definition) is 3. The summed E-state index contributed by atoms with van der Waals surface area (Å²) in [5, 5.41) is 10.3. The smallest absolute Gasteiger partial charge is 0.275 e.